The second-order valence-electron chi connectivity index (χ2n) is 0.283. The molecule has 8 heteroatoms. The van der Waals surface area contributed by atoms with E-state index in [1.807, 2.05) is 0 Å². The van der Waals surface area contributed by atoms with E-state index >= 15 is 0 Å². The van der Waals surface area contributed by atoms with Crippen molar-refractivity contribution in [2.45, 2.75) is 0 Å². The predicted molar refractivity (Wildman–Crippen MR) is 38.7 cm³/mol. The average molecular weight is 190 g/mol. The number of rotatable bonds is 0. The summed E-state index contributed by atoms with van der Waals surface area (Å²) in [5, 5.41) is 0. The molecular weight excluding hydrogens is 181 g/mol. The van der Waals surface area contributed by atoms with Gasteiger partial charge in [-0.15, -0.1) is 0 Å². The fraction of sp³-hybridized carbons (Fsp3) is 0. The van der Waals surface area contributed by atoms with Crippen molar-refractivity contribution in [1.82, 2.24) is 0 Å². The van der Waals surface area contributed by atoms with Crippen molar-refractivity contribution >= 4 is 107 Å². The molecule has 0 aliphatic heterocycles. The molecule has 0 aliphatic carbocycles. The van der Waals surface area contributed by atoms with Crippen LogP contribution in [-0.4, -0.2) is 123 Å². The third kappa shape index (κ3) is 69.6. The van der Waals surface area contributed by atoms with Crippen molar-refractivity contribution in [3.8, 4) is 0 Å². The molecule has 0 fully saturated rings. The summed E-state index contributed by atoms with van der Waals surface area (Å²) < 4.78 is 8.74. The Balaban J connectivity index is -0.00000000750. The van der Waals surface area contributed by atoms with E-state index in [4.69, 9.17) is 14.1 Å². The van der Waals surface area contributed by atoms with Crippen molar-refractivity contribution < 1.29 is 19.5 Å². The molecule has 0 aromatic rings. The molecule has 0 radical (unpaired) electrons. The summed E-state index contributed by atoms with van der Waals surface area (Å²) >= 11 is 0. The van der Waals surface area contributed by atoms with E-state index in [1.165, 1.54) is 0 Å². The van der Waals surface area contributed by atoms with Crippen LogP contribution in [0.3, 0.4) is 0 Å². The van der Waals surface area contributed by atoms with Crippen molar-refractivity contribution in [2.75, 3.05) is 0 Å². The Morgan fingerprint density at radius 2 is 1.25 bits per heavy atom. The molecule has 42 valence electrons. The number of hydrogen-bond donors (Lipinski definition) is 2. The predicted octanol–water partition coefficient (Wildman–Crippen LogP) is -4.92. The van der Waals surface area contributed by atoms with E-state index in [0.717, 1.165) is 0 Å². The van der Waals surface area contributed by atoms with Crippen LogP contribution < -0.4 is 0 Å². The SMILES string of the molecule is O.O=[Si](O)O.[AlH3].[KH].[NaH]. The molecule has 0 spiro atoms. The first kappa shape index (κ1) is 30.9. The standard InChI is InChI=1S/Al.K.Na.H2O3Si.H2O.5H/c;;;1-4(2)3;;;;;;/h;;;1-2H;1H2;;;;;. The molecule has 0 aromatic heterocycles. The van der Waals surface area contributed by atoms with Gasteiger partial charge in [-0.05, 0) is 0 Å². The van der Waals surface area contributed by atoms with Crippen LogP contribution >= 0.6 is 0 Å². The first-order valence-corrected chi connectivity index (χ1v) is 1.95. The van der Waals surface area contributed by atoms with E-state index in [1.54, 1.807) is 0 Å². The van der Waals surface area contributed by atoms with Gasteiger partial charge in [0.05, 0.1) is 0 Å². The Bertz CT molecular complexity index is 39.0. The van der Waals surface area contributed by atoms with Gasteiger partial charge in [0.2, 0.25) is 0 Å². The topological polar surface area (TPSA) is 89.0 Å². The molecule has 0 rings (SSSR count). The van der Waals surface area contributed by atoms with E-state index in [9.17, 15) is 0 Å². The van der Waals surface area contributed by atoms with Gasteiger partial charge in [-0.1, -0.05) is 0 Å². The minimum atomic E-state index is -3.13. The zero-order chi connectivity index (χ0) is 3.58. The molecule has 0 aromatic carbocycles. The molecular formula is H9AlKNaO4Si. The van der Waals surface area contributed by atoms with Crippen LogP contribution in [0.4, 0.5) is 0 Å². The van der Waals surface area contributed by atoms with Gasteiger partial charge in [-0.3, -0.25) is 4.46 Å². The first-order valence-electron chi connectivity index (χ1n) is 0.651. The van der Waals surface area contributed by atoms with Gasteiger partial charge >= 0.3 is 90.1 Å². The average Bonchev–Trinajstić information content (AvgIpc) is 0.811. The Hall–Kier alpha value is 2.75. The molecule has 0 saturated carbocycles. The fourth-order valence-electron chi connectivity index (χ4n) is 0. The fourth-order valence-corrected chi connectivity index (χ4v) is 0. The number of hydrogen-bond acceptors (Lipinski definition) is 1. The Morgan fingerprint density at radius 1 is 1.25 bits per heavy atom. The van der Waals surface area contributed by atoms with Gasteiger partial charge < -0.3 is 15.1 Å². The molecule has 0 amide bonds. The van der Waals surface area contributed by atoms with Crippen LogP contribution in [-0.2, 0) is 4.46 Å². The molecule has 8 heavy (non-hydrogen) atoms. The summed E-state index contributed by atoms with van der Waals surface area (Å²) in [6.07, 6.45) is 0. The first-order chi connectivity index (χ1) is 1.73. The quantitative estimate of drug-likeness (QED) is 0.375. The van der Waals surface area contributed by atoms with Gasteiger partial charge in [-0.2, -0.15) is 0 Å². The van der Waals surface area contributed by atoms with Crippen LogP contribution in [0.15, 0.2) is 0 Å². The molecule has 0 heterocycles. The van der Waals surface area contributed by atoms with Gasteiger partial charge in [0, 0.05) is 0 Å². The van der Waals surface area contributed by atoms with Crippen LogP contribution in [0.1, 0.15) is 0 Å². The maximum atomic E-state index is 8.74. The van der Waals surface area contributed by atoms with Gasteiger partial charge in [0.25, 0.3) is 0 Å². The third-order valence-corrected chi connectivity index (χ3v) is 0. The van der Waals surface area contributed by atoms with Crippen LogP contribution in [0.5, 0.6) is 0 Å². The van der Waals surface area contributed by atoms with Crippen molar-refractivity contribution in [3.05, 3.63) is 0 Å². The molecule has 0 bridgehead atoms. The van der Waals surface area contributed by atoms with Crippen molar-refractivity contribution in [3.63, 3.8) is 0 Å². The summed E-state index contributed by atoms with van der Waals surface area (Å²) in [7, 11) is -3.13. The second kappa shape index (κ2) is 22.6. The summed E-state index contributed by atoms with van der Waals surface area (Å²) in [4.78, 5) is 14.3. The molecule has 4 N–H and O–H groups in total. The van der Waals surface area contributed by atoms with Gasteiger partial charge in [-0.25, -0.2) is 0 Å². The zero-order valence-electron chi connectivity index (χ0n) is 2.30. The Labute approximate surface area is 124 Å². The maximum absolute atomic E-state index is 8.74. The van der Waals surface area contributed by atoms with Crippen molar-refractivity contribution in [2.24, 2.45) is 0 Å². The summed E-state index contributed by atoms with van der Waals surface area (Å²) in [6.45, 7) is 0. The van der Waals surface area contributed by atoms with Gasteiger partial charge in [0.1, 0.15) is 0 Å². The van der Waals surface area contributed by atoms with Crippen LogP contribution in [0, 0.1) is 0 Å². The Morgan fingerprint density at radius 3 is 1.25 bits per heavy atom. The van der Waals surface area contributed by atoms with Crippen LogP contribution in [0.25, 0.3) is 0 Å². The molecule has 0 atom stereocenters. The third-order valence-electron chi connectivity index (χ3n) is 0. The summed E-state index contributed by atoms with van der Waals surface area (Å²) in [5.41, 5.74) is 0. The van der Waals surface area contributed by atoms with E-state index < -0.39 is 9.17 Å². The van der Waals surface area contributed by atoms with E-state index in [0.29, 0.717) is 0 Å². The normalized spacial score (nSPS) is 3.00. The van der Waals surface area contributed by atoms with E-state index in [2.05, 4.69) is 0 Å². The monoisotopic (exact) mass is 190 g/mol. The molecule has 0 aliphatic rings. The zero-order valence-corrected chi connectivity index (χ0v) is 3.30. The van der Waals surface area contributed by atoms with Crippen LogP contribution in [0.2, 0.25) is 0 Å². The minimum absolute atomic E-state index is 0. The summed E-state index contributed by atoms with van der Waals surface area (Å²) in [5.74, 6) is 0. The van der Waals surface area contributed by atoms with Gasteiger partial charge in [0.15, 0.2) is 17.4 Å². The second-order valence-corrected chi connectivity index (χ2v) is 0.848. The Kier molecular flexibility index (Phi) is 87.3. The van der Waals surface area contributed by atoms with E-state index in [-0.39, 0.29) is 104 Å². The summed E-state index contributed by atoms with van der Waals surface area (Å²) in [6, 6.07) is 0. The molecule has 0 saturated heterocycles. The molecule has 4 nitrogen and oxygen atoms in total. The molecule has 0 unspecified atom stereocenters. The van der Waals surface area contributed by atoms with Crippen molar-refractivity contribution in [1.29, 1.82) is 0 Å².